The van der Waals surface area contributed by atoms with Gasteiger partial charge in [-0.25, -0.2) is 0 Å². The Hall–Kier alpha value is -1.75. The Morgan fingerprint density at radius 3 is 2.69 bits per heavy atom. The van der Waals surface area contributed by atoms with Gasteiger partial charge < -0.3 is 20.5 Å². The van der Waals surface area contributed by atoms with E-state index < -0.39 is 0 Å². The summed E-state index contributed by atoms with van der Waals surface area (Å²) >= 11 is 0. The van der Waals surface area contributed by atoms with Crippen LogP contribution in [-0.2, 0) is 11.3 Å². The van der Waals surface area contributed by atoms with Crippen LogP contribution in [0.5, 0.6) is 11.5 Å². The maximum atomic E-state index is 11.0. The Kier molecular flexibility index (Phi) is 4.60. The van der Waals surface area contributed by atoms with Crippen LogP contribution in [0.1, 0.15) is 5.56 Å². The third-order valence-corrected chi connectivity index (χ3v) is 2.15. The first-order valence-electron chi connectivity index (χ1n) is 4.89. The molecule has 88 valence electrons. The largest absolute Gasteiger partial charge is 0.497 e. The molecule has 0 aromatic heterocycles. The van der Waals surface area contributed by atoms with Crippen LogP contribution < -0.4 is 20.5 Å². The van der Waals surface area contributed by atoms with Gasteiger partial charge in [0.2, 0.25) is 5.91 Å². The first kappa shape index (κ1) is 12.3. The lowest BCUT2D eigenvalue weighted by Gasteiger charge is -2.10. The molecule has 1 amide bonds. The molecule has 0 fully saturated rings. The number of amides is 1. The van der Waals surface area contributed by atoms with Crippen molar-refractivity contribution in [3.8, 4) is 11.5 Å². The Bertz CT molecular complexity index is 366. The van der Waals surface area contributed by atoms with E-state index in [1.165, 1.54) is 0 Å². The van der Waals surface area contributed by atoms with Gasteiger partial charge in [0.25, 0.3) is 0 Å². The number of hydrogen-bond donors (Lipinski definition) is 2. The third-order valence-electron chi connectivity index (χ3n) is 2.15. The van der Waals surface area contributed by atoms with Gasteiger partial charge in [-0.1, -0.05) is 0 Å². The van der Waals surface area contributed by atoms with Crippen LogP contribution >= 0.6 is 0 Å². The summed E-state index contributed by atoms with van der Waals surface area (Å²) in [6, 6.07) is 5.41. The first-order chi connectivity index (χ1) is 7.71. The number of rotatable bonds is 5. The van der Waals surface area contributed by atoms with E-state index in [0.717, 1.165) is 11.3 Å². The summed E-state index contributed by atoms with van der Waals surface area (Å²) in [6.45, 7) is 0.350. The number of hydrogen-bond acceptors (Lipinski definition) is 4. The van der Waals surface area contributed by atoms with Gasteiger partial charge in [0.05, 0.1) is 20.8 Å². The number of ether oxygens (including phenoxy) is 2. The molecule has 0 bridgehead atoms. The van der Waals surface area contributed by atoms with E-state index in [0.29, 0.717) is 12.3 Å². The van der Waals surface area contributed by atoms with Crippen LogP contribution in [0.25, 0.3) is 0 Å². The summed E-state index contributed by atoms with van der Waals surface area (Å²) in [5.74, 6) is 1.22. The molecule has 0 heterocycles. The topological polar surface area (TPSA) is 73.6 Å². The number of carbonyl (C=O) groups is 1. The number of methoxy groups -OCH3 is 2. The Labute approximate surface area is 94.5 Å². The van der Waals surface area contributed by atoms with Crippen molar-refractivity contribution in [1.29, 1.82) is 0 Å². The van der Waals surface area contributed by atoms with Crippen molar-refractivity contribution >= 4 is 5.91 Å². The maximum Gasteiger partial charge on any atom is 0.234 e. The molecule has 3 N–H and O–H groups in total. The monoisotopic (exact) mass is 224 g/mol. The second-order valence-electron chi connectivity index (χ2n) is 3.16. The average Bonchev–Trinajstić information content (AvgIpc) is 2.35. The first-order valence-corrected chi connectivity index (χ1v) is 4.89. The van der Waals surface area contributed by atoms with Crippen LogP contribution in [-0.4, -0.2) is 26.7 Å². The summed E-state index contributed by atoms with van der Waals surface area (Å²) in [6.07, 6.45) is 0. The highest BCUT2D eigenvalue weighted by atomic mass is 16.5. The van der Waals surface area contributed by atoms with Crippen LogP contribution in [0.3, 0.4) is 0 Å². The summed E-state index contributed by atoms with van der Waals surface area (Å²) in [5.41, 5.74) is 6.05. The third kappa shape index (κ3) is 3.13. The van der Waals surface area contributed by atoms with Crippen molar-refractivity contribution in [1.82, 2.24) is 5.32 Å². The average molecular weight is 224 g/mol. The van der Waals surface area contributed by atoms with Gasteiger partial charge in [-0.05, 0) is 18.2 Å². The molecule has 1 aromatic rings. The van der Waals surface area contributed by atoms with Crippen molar-refractivity contribution in [2.75, 3.05) is 20.8 Å². The lowest BCUT2D eigenvalue weighted by molar-refractivity contribution is -0.119. The van der Waals surface area contributed by atoms with Gasteiger partial charge in [0.15, 0.2) is 0 Å². The van der Waals surface area contributed by atoms with Gasteiger partial charge in [0, 0.05) is 12.1 Å². The molecule has 5 heteroatoms. The highest BCUT2D eigenvalue weighted by Gasteiger charge is 2.06. The lowest BCUT2D eigenvalue weighted by atomic mass is 10.2. The summed E-state index contributed by atoms with van der Waals surface area (Å²) in [4.78, 5) is 11.0. The zero-order valence-electron chi connectivity index (χ0n) is 9.45. The molecular formula is C11H16N2O3. The Morgan fingerprint density at radius 2 is 2.12 bits per heavy atom. The zero-order valence-corrected chi connectivity index (χ0v) is 9.45. The minimum atomic E-state index is -0.204. The maximum absolute atomic E-state index is 11.0. The quantitative estimate of drug-likeness (QED) is 0.753. The fraction of sp³-hybridized carbons (Fsp3) is 0.364. The summed E-state index contributed by atoms with van der Waals surface area (Å²) in [5, 5.41) is 2.68. The molecule has 0 aliphatic rings. The smallest absolute Gasteiger partial charge is 0.234 e. The molecule has 16 heavy (non-hydrogen) atoms. The molecule has 0 saturated carbocycles. The number of nitrogens with two attached hydrogens (primary N) is 1. The van der Waals surface area contributed by atoms with Crippen molar-refractivity contribution < 1.29 is 14.3 Å². The molecule has 0 saturated heterocycles. The molecule has 0 aliphatic carbocycles. The van der Waals surface area contributed by atoms with E-state index in [9.17, 15) is 4.79 Å². The second-order valence-corrected chi connectivity index (χ2v) is 3.16. The molecule has 0 atom stereocenters. The molecule has 0 unspecified atom stereocenters. The van der Waals surface area contributed by atoms with E-state index in [-0.39, 0.29) is 12.5 Å². The van der Waals surface area contributed by atoms with E-state index in [1.54, 1.807) is 26.4 Å². The van der Waals surface area contributed by atoms with Gasteiger partial charge in [-0.15, -0.1) is 0 Å². The molecular weight excluding hydrogens is 208 g/mol. The van der Waals surface area contributed by atoms with E-state index in [2.05, 4.69) is 5.32 Å². The summed E-state index contributed by atoms with van der Waals surface area (Å²) < 4.78 is 10.3. The Balaban J connectivity index is 2.78. The second kappa shape index (κ2) is 5.97. The normalized spacial score (nSPS) is 9.69. The van der Waals surface area contributed by atoms with Crippen LogP contribution in [0, 0.1) is 0 Å². The van der Waals surface area contributed by atoms with E-state index >= 15 is 0 Å². The molecule has 1 rings (SSSR count). The predicted octanol–water partition coefficient (Wildman–Crippen LogP) is 0.279. The minimum absolute atomic E-state index is 0.0215. The van der Waals surface area contributed by atoms with Gasteiger partial charge in [-0.3, -0.25) is 4.79 Å². The van der Waals surface area contributed by atoms with Crippen LogP contribution in [0.2, 0.25) is 0 Å². The van der Waals surface area contributed by atoms with Crippen molar-refractivity contribution in [2.24, 2.45) is 5.73 Å². The number of carbonyl (C=O) groups excluding carboxylic acids is 1. The highest BCUT2D eigenvalue weighted by Crippen LogP contribution is 2.23. The standard InChI is InChI=1S/C11H16N2O3/c1-15-9-3-4-10(16-2)8(5-9)7-13-11(14)6-12/h3-5H,6-7,12H2,1-2H3,(H,13,14). The van der Waals surface area contributed by atoms with Crippen molar-refractivity contribution in [3.63, 3.8) is 0 Å². The van der Waals surface area contributed by atoms with Gasteiger partial charge in [-0.2, -0.15) is 0 Å². The predicted molar refractivity (Wildman–Crippen MR) is 60.4 cm³/mol. The molecule has 1 aromatic carbocycles. The SMILES string of the molecule is COc1ccc(OC)c(CNC(=O)CN)c1. The van der Waals surface area contributed by atoms with Crippen molar-refractivity contribution in [2.45, 2.75) is 6.54 Å². The molecule has 0 aliphatic heterocycles. The lowest BCUT2D eigenvalue weighted by Crippen LogP contribution is -2.29. The van der Waals surface area contributed by atoms with E-state index in [1.807, 2.05) is 6.07 Å². The molecule has 5 nitrogen and oxygen atoms in total. The van der Waals surface area contributed by atoms with Crippen molar-refractivity contribution in [3.05, 3.63) is 23.8 Å². The highest BCUT2D eigenvalue weighted by molar-refractivity contribution is 5.77. The van der Waals surface area contributed by atoms with Gasteiger partial charge >= 0.3 is 0 Å². The minimum Gasteiger partial charge on any atom is -0.497 e. The van der Waals surface area contributed by atoms with Crippen LogP contribution in [0.15, 0.2) is 18.2 Å². The van der Waals surface area contributed by atoms with E-state index in [4.69, 9.17) is 15.2 Å². The molecule has 0 spiro atoms. The van der Waals surface area contributed by atoms with Gasteiger partial charge in [0.1, 0.15) is 11.5 Å². The fourth-order valence-corrected chi connectivity index (χ4v) is 1.29. The fourth-order valence-electron chi connectivity index (χ4n) is 1.29. The Morgan fingerprint density at radius 1 is 1.38 bits per heavy atom. The summed E-state index contributed by atoms with van der Waals surface area (Å²) in [7, 11) is 3.17. The number of benzene rings is 1. The zero-order chi connectivity index (χ0) is 12.0. The number of nitrogens with one attached hydrogen (secondary N) is 1. The molecule has 0 radical (unpaired) electrons. The van der Waals surface area contributed by atoms with Crippen LogP contribution in [0.4, 0.5) is 0 Å².